The fourth-order valence-electron chi connectivity index (χ4n) is 1.90. The molecule has 0 amide bonds. The van der Waals surface area contributed by atoms with E-state index in [9.17, 15) is 0 Å². The molecule has 0 unspecified atom stereocenters. The van der Waals surface area contributed by atoms with Crippen molar-refractivity contribution < 1.29 is 0 Å². The van der Waals surface area contributed by atoms with Gasteiger partial charge >= 0.3 is 131 Å². The first-order valence-electron chi connectivity index (χ1n) is 7.56. The zero-order valence-electron chi connectivity index (χ0n) is 12.3. The average molecular weight is 427 g/mol. The van der Waals surface area contributed by atoms with E-state index in [-0.39, 0.29) is 20.9 Å². The first-order chi connectivity index (χ1) is 8.81. The molecule has 0 spiro atoms. The van der Waals surface area contributed by atoms with Crippen molar-refractivity contribution >= 4 is 39.0 Å². The van der Waals surface area contributed by atoms with Gasteiger partial charge in [-0.3, -0.25) is 0 Å². The van der Waals surface area contributed by atoms with E-state index in [1.54, 1.807) is 0 Å². The molecule has 0 saturated carbocycles. The van der Waals surface area contributed by atoms with E-state index >= 15 is 0 Å². The van der Waals surface area contributed by atoms with Crippen LogP contribution in [0, 0.1) is 0 Å². The fraction of sp³-hybridized carbons (Fsp3) is 0.750. The molecule has 0 nitrogen and oxygen atoms in total. The van der Waals surface area contributed by atoms with Gasteiger partial charge < -0.3 is 0 Å². The Labute approximate surface area is 130 Å². The standard InChI is InChI=1S/C16H28SeTe/c1-4-7-10-14-13-16(18-12-9-6-3)15(17-14)11-8-5-2/h13H,4-12H2,1-3H3. The molecule has 2 heteroatoms. The number of hydrogen-bond donors (Lipinski definition) is 0. The van der Waals surface area contributed by atoms with E-state index in [1.165, 1.54) is 55.8 Å². The number of rotatable bonds is 10. The van der Waals surface area contributed by atoms with Crippen LogP contribution < -0.4 is 3.61 Å². The quantitative estimate of drug-likeness (QED) is 0.392. The van der Waals surface area contributed by atoms with E-state index in [2.05, 4.69) is 26.8 Å². The van der Waals surface area contributed by atoms with Gasteiger partial charge in [-0.1, -0.05) is 0 Å². The van der Waals surface area contributed by atoms with E-state index in [4.69, 9.17) is 0 Å². The monoisotopic (exact) mass is 430 g/mol. The second kappa shape index (κ2) is 10.6. The Morgan fingerprint density at radius 3 is 2.28 bits per heavy atom. The Bertz CT molecular complexity index is 317. The van der Waals surface area contributed by atoms with Crippen LogP contribution in [0.5, 0.6) is 0 Å². The van der Waals surface area contributed by atoms with Crippen LogP contribution in [0.4, 0.5) is 0 Å². The van der Waals surface area contributed by atoms with Crippen molar-refractivity contribution in [1.82, 2.24) is 0 Å². The van der Waals surface area contributed by atoms with Crippen molar-refractivity contribution in [1.29, 1.82) is 0 Å². The van der Waals surface area contributed by atoms with Crippen molar-refractivity contribution in [2.75, 3.05) is 0 Å². The Morgan fingerprint density at radius 2 is 1.61 bits per heavy atom. The van der Waals surface area contributed by atoms with Crippen molar-refractivity contribution in [2.45, 2.75) is 76.6 Å². The summed E-state index contributed by atoms with van der Waals surface area (Å²) in [5.41, 5.74) is 0. The fourth-order valence-corrected chi connectivity index (χ4v) is 9.53. The molecule has 0 atom stereocenters. The van der Waals surface area contributed by atoms with E-state index in [0.717, 1.165) is 14.5 Å². The predicted octanol–water partition coefficient (Wildman–Crippen LogP) is 3.98. The summed E-state index contributed by atoms with van der Waals surface area (Å²) in [6.07, 6.45) is 11.1. The molecule has 0 fully saturated rings. The SMILES string of the molecule is CCCC[Te]c1cc(CCCC)[se]c1CCCC. The van der Waals surface area contributed by atoms with E-state index < -0.39 is 0 Å². The minimum atomic E-state index is 0.147. The molecule has 0 aromatic carbocycles. The summed E-state index contributed by atoms with van der Waals surface area (Å²) < 4.78 is 7.11. The van der Waals surface area contributed by atoms with E-state index in [0.29, 0.717) is 0 Å². The molecule has 0 aliphatic heterocycles. The first-order valence-corrected chi connectivity index (χ1v) is 12.1. The predicted molar refractivity (Wildman–Crippen MR) is 85.7 cm³/mol. The van der Waals surface area contributed by atoms with Gasteiger partial charge in [-0.2, -0.15) is 0 Å². The average Bonchev–Trinajstić information content (AvgIpc) is 2.77. The third kappa shape index (κ3) is 6.29. The molecule has 0 aliphatic carbocycles. The van der Waals surface area contributed by atoms with Crippen LogP contribution in [0.3, 0.4) is 0 Å². The van der Waals surface area contributed by atoms with Gasteiger partial charge in [-0.25, -0.2) is 0 Å². The minimum absolute atomic E-state index is 0.147. The Balaban J connectivity index is 2.60. The van der Waals surface area contributed by atoms with Gasteiger partial charge in [0.25, 0.3) is 0 Å². The summed E-state index contributed by atoms with van der Waals surface area (Å²) in [6, 6.07) is 2.64. The third-order valence-electron chi connectivity index (χ3n) is 3.11. The zero-order chi connectivity index (χ0) is 13.2. The molecular formula is C16H28SeTe. The molecule has 104 valence electrons. The van der Waals surface area contributed by atoms with Crippen LogP contribution in [-0.2, 0) is 12.8 Å². The second-order valence-corrected chi connectivity index (χ2v) is 10.7. The van der Waals surface area contributed by atoms with Gasteiger partial charge in [-0.15, -0.1) is 0 Å². The maximum atomic E-state index is 2.64. The Morgan fingerprint density at radius 1 is 0.944 bits per heavy atom. The Kier molecular flexibility index (Phi) is 9.88. The van der Waals surface area contributed by atoms with Crippen molar-refractivity contribution in [2.24, 2.45) is 0 Å². The molecular weight excluding hydrogens is 399 g/mol. The third-order valence-corrected chi connectivity index (χ3v) is 9.98. The number of hydrogen-bond acceptors (Lipinski definition) is 0. The molecule has 0 bridgehead atoms. The topological polar surface area (TPSA) is 0 Å². The van der Waals surface area contributed by atoms with Crippen LogP contribution in [0.1, 0.15) is 68.2 Å². The Hall–Kier alpha value is 0.789. The van der Waals surface area contributed by atoms with Gasteiger partial charge in [0, 0.05) is 0 Å². The molecule has 0 N–H and O–H groups in total. The molecule has 1 aromatic heterocycles. The summed E-state index contributed by atoms with van der Waals surface area (Å²) in [5, 5.41) is 0. The van der Waals surface area contributed by atoms with Crippen LogP contribution in [-0.4, -0.2) is 35.4 Å². The van der Waals surface area contributed by atoms with Gasteiger partial charge in [0.15, 0.2) is 0 Å². The second-order valence-electron chi connectivity index (χ2n) is 4.91. The van der Waals surface area contributed by atoms with Crippen molar-refractivity contribution in [3.63, 3.8) is 0 Å². The first kappa shape index (κ1) is 16.8. The van der Waals surface area contributed by atoms with Crippen LogP contribution in [0.2, 0.25) is 4.47 Å². The van der Waals surface area contributed by atoms with Gasteiger partial charge in [0.05, 0.1) is 0 Å². The summed E-state index contributed by atoms with van der Waals surface area (Å²) in [5.74, 6) is 0. The molecule has 0 radical (unpaired) electrons. The number of aryl methyl sites for hydroxylation is 2. The van der Waals surface area contributed by atoms with Gasteiger partial charge in [0.2, 0.25) is 0 Å². The summed E-state index contributed by atoms with van der Waals surface area (Å²) >= 11 is 0.894. The van der Waals surface area contributed by atoms with Gasteiger partial charge in [0.1, 0.15) is 0 Å². The molecule has 0 saturated heterocycles. The summed E-state index contributed by atoms with van der Waals surface area (Å²) in [4.78, 5) is 0. The molecule has 1 rings (SSSR count). The van der Waals surface area contributed by atoms with Crippen LogP contribution in [0.15, 0.2) is 6.07 Å². The summed E-state index contributed by atoms with van der Waals surface area (Å²) in [7, 11) is 0. The van der Waals surface area contributed by atoms with Crippen molar-refractivity contribution in [3.8, 4) is 0 Å². The molecule has 1 aromatic rings. The van der Waals surface area contributed by atoms with E-state index in [1.807, 2.05) is 12.5 Å². The summed E-state index contributed by atoms with van der Waals surface area (Å²) in [6.45, 7) is 6.95. The molecule has 18 heavy (non-hydrogen) atoms. The van der Waals surface area contributed by atoms with Crippen molar-refractivity contribution in [3.05, 3.63) is 14.9 Å². The zero-order valence-corrected chi connectivity index (χ0v) is 16.3. The molecule has 1 heterocycles. The van der Waals surface area contributed by atoms with Crippen LogP contribution >= 0.6 is 0 Å². The van der Waals surface area contributed by atoms with Crippen LogP contribution in [0.25, 0.3) is 0 Å². The maximum absolute atomic E-state index is 2.64. The van der Waals surface area contributed by atoms with Gasteiger partial charge in [-0.05, 0) is 0 Å². The normalized spacial score (nSPS) is 11.1. The molecule has 0 aliphatic rings. The number of unbranched alkanes of at least 4 members (excludes halogenated alkanes) is 3.